The highest BCUT2D eigenvalue weighted by molar-refractivity contribution is 9.08. The molecule has 2 aliphatic rings. The molecule has 1 aliphatic heterocycles. The first-order valence-electron chi connectivity index (χ1n) is 6.95. The summed E-state index contributed by atoms with van der Waals surface area (Å²) in [6.07, 6.45) is 0.894. The Balaban J connectivity index is 2.18. The van der Waals surface area contributed by atoms with Crippen molar-refractivity contribution >= 4 is 27.7 Å². The topological polar surface area (TPSA) is 38.3 Å². The smallest absolute Gasteiger partial charge is 0.413 e. The first kappa shape index (κ1) is 15.3. The summed E-state index contributed by atoms with van der Waals surface area (Å²) < 4.78 is 33.7. The summed E-state index contributed by atoms with van der Waals surface area (Å²) in [6.45, 7) is 0.732. The number of cyclic esters (lactones) is 1. The minimum Gasteiger partial charge on any atom is -0.418 e. The van der Waals surface area contributed by atoms with Crippen LogP contribution in [0, 0.1) is 17.8 Å². The number of rotatable bonds is 2. The second kappa shape index (κ2) is 5.24. The maximum atomic E-state index is 14.4. The van der Waals surface area contributed by atoms with Crippen LogP contribution in [0.25, 0.3) is 0 Å². The van der Waals surface area contributed by atoms with E-state index >= 15 is 0 Å². The van der Waals surface area contributed by atoms with Crippen molar-refractivity contribution < 1.29 is 18.3 Å². The Hall–Kier alpha value is -1.61. The number of nitrogens with one attached hydrogen (secondary N) is 1. The number of carbonyl (C=O) groups is 1. The number of carbonyl (C=O) groups excluding carboxylic acids is 1. The molecule has 0 spiro atoms. The van der Waals surface area contributed by atoms with Crippen molar-refractivity contribution in [2.75, 3.05) is 5.32 Å². The Labute approximate surface area is 135 Å². The molecule has 1 amide bonds. The van der Waals surface area contributed by atoms with Crippen molar-refractivity contribution in [3.8, 4) is 11.8 Å². The van der Waals surface area contributed by atoms with Gasteiger partial charge in [0.2, 0.25) is 0 Å². The molecule has 0 bridgehead atoms. The standard InChI is InChI=1S/C16H14BrF2NO2/c1-15(18,19)16(7-6-10-2-3-10)12-5-4-11(9-17)8-13(12)20-14(21)22-16/h4-5,8,10H,2-3,9H2,1H3,(H,20,21)/t16-/m0/s1. The zero-order valence-electron chi connectivity index (χ0n) is 11.9. The van der Waals surface area contributed by atoms with Crippen LogP contribution in [0.4, 0.5) is 19.3 Å². The summed E-state index contributed by atoms with van der Waals surface area (Å²) in [5, 5.41) is 3.04. The van der Waals surface area contributed by atoms with Crippen molar-refractivity contribution in [2.45, 2.75) is 36.6 Å². The molecule has 3 rings (SSSR count). The van der Waals surface area contributed by atoms with Gasteiger partial charge in [-0.1, -0.05) is 34.0 Å². The molecule has 1 fully saturated rings. The van der Waals surface area contributed by atoms with Crippen LogP contribution in [0.1, 0.15) is 30.9 Å². The summed E-state index contributed by atoms with van der Waals surface area (Å²) in [5.41, 5.74) is -0.861. The van der Waals surface area contributed by atoms with E-state index in [1.54, 1.807) is 18.2 Å². The lowest BCUT2D eigenvalue weighted by molar-refractivity contribution is -0.142. The molecule has 22 heavy (non-hydrogen) atoms. The number of ether oxygens (including phenoxy) is 1. The molecule has 0 unspecified atom stereocenters. The summed E-state index contributed by atoms with van der Waals surface area (Å²) in [4.78, 5) is 11.8. The minimum absolute atomic E-state index is 0.123. The average Bonchev–Trinajstić information content (AvgIpc) is 3.26. The van der Waals surface area contributed by atoms with E-state index in [9.17, 15) is 13.6 Å². The van der Waals surface area contributed by atoms with Crippen molar-refractivity contribution in [2.24, 2.45) is 5.92 Å². The fourth-order valence-corrected chi connectivity index (χ4v) is 2.72. The van der Waals surface area contributed by atoms with E-state index in [0.717, 1.165) is 25.3 Å². The van der Waals surface area contributed by atoms with E-state index in [1.165, 1.54) is 0 Å². The van der Waals surface area contributed by atoms with Gasteiger partial charge in [-0.05, 0) is 30.4 Å². The van der Waals surface area contributed by atoms with Crippen molar-refractivity contribution in [3.05, 3.63) is 29.3 Å². The lowest BCUT2D eigenvalue weighted by Crippen LogP contribution is -2.50. The van der Waals surface area contributed by atoms with Gasteiger partial charge in [0.05, 0.1) is 5.69 Å². The lowest BCUT2D eigenvalue weighted by atomic mass is 9.85. The van der Waals surface area contributed by atoms with Crippen molar-refractivity contribution in [1.29, 1.82) is 0 Å². The van der Waals surface area contributed by atoms with Gasteiger partial charge in [-0.2, -0.15) is 0 Å². The molecule has 1 atom stereocenters. The highest BCUT2D eigenvalue weighted by atomic mass is 79.9. The average molecular weight is 370 g/mol. The second-order valence-corrected chi connectivity index (χ2v) is 6.20. The minimum atomic E-state index is -3.32. The third-order valence-electron chi connectivity index (χ3n) is 3.75. The van der Waals surface area contributed by atoms with Crippen molar-refractivity contribution in [3.63, 3.8) is 0 Å². The Morgan fingerprint density at radius 3 is 2.82 bits per heavy atom. The number of hydrogen-bond donors (Lipinski definition) is 1. The van der Waals surface area contributed by atoms with Crippen LogP contribution in [0.2, 0.25) is 0 Å². The highest BCUT2D eigenvalue weighted by Gasteiger charge is 2.57. The third-order valence-corrected chi connectivity index (χ3v) is 4.40. The quantitative estimate of drug-likeness (QED) is 0.619. The van der Waals surface area contributed by atoms with Gasteiger partial charge in [-0.25, -0.2) is 13.6 Å². The Kier molecular flexibility index (Phi) is 3.64. The molecular formula is C16H14BrF2NO2. The van der Waals surface area contributed by atoms with Gasteiger partial charge in [0.25, 0.3) is 11.5 Å². The number of alkyl halides is 3. The molecular weight excluding hydrogens is 356 g/mol. The number of amides is 1. The summed E-state index contributed by atoms with van der Waals surface area (Å²) >= 11 is 3.31. The lowest BCUT2D eigenvalue weighted by Gasteiger charge is -2.38. The highest BCUT2D eigenvalue weighted by Crippen LogP contribution is 2.46. The maximum absolute atomic E-state index is 14.4. The zero-order chi connectivity index (χ0) is 16.0. The molecule has 0 saturated heterocycles. The number of hydrogen-bond acceptors (Lipinski definition) is 2. The fraction of sp³-hybridized carbons (Fsp3) is 0.438. The monoisotopic (exact) mass is 369 g/mol. The molecule has 1 saturated carbocycles. The van der Waals surface area contributed by atoms with Crippen molar-refractivity contribution in [1.82, 2.24) is 0 Å². The van der Waals surface area contributed by atoms with Gasteiger partial charge in [0.1, 0.15) is 0 Å². The second-order valence-electron chi connectivity index (χ2n) is 5.64. The SMILES string of the molecule is CC(F)(F)[C@@]1(C#CC2CC2)OC(=O)Nc2cc(CBr)ccc21. The van der Waals surface area contributed by atoms with Crippen LogP contribution in [0.3, 0.4) is 0 Å². The van der Waals surface area contributed by atoms with Gasteiger partial charge >= 0.3 is 6.09 Å². The Morgan fingerprint density at radius 2 is 2.23 bits per heavy atom. The molecule has 116 valence electrons. The Morgan fingerprint density at radius 1 is 1.50 bits per heavy atom. The van der Waals surface area contributed by atoms with Gasteiger partial charge in [-0.15, -0.1) is 0 Å². The van der Waals surface area contributed by atoms with Crippen LogP contribution in [0.15, 0.2) is 18.2 Å². The maximum Gasteiger partial charge on any atom is 0.413 e. The first-order valence-corrected chi connectivity index (χ1v) is 8.08. The summed E-state index contributed by atoms with van der Waals surface area (Å²) in [7, 11) is 0. The third kappa shape index (κ3) is 2.58. The van der Waals surface area contributed by atoms with E-state index in [4.69, 9.17) is 4.74 Å². The largest absolute Gasteiger partial charge is 0.418 e. The van der Waals surface area contributed by atoms with Crippen LogP contribution in [-0.2, 0) is 15.7 Å². The molecule has 1 aromatic rings. The number of anilines is 1. The molecule has 0 radical (unpaired) electrons. The molecule has 0 aromatic heterocycles. The van der Waals surface area contributed by atoms with Gasteiger partial charge in [0, 0.05) is 23.7 Å². The number of halogens is 3. The van der Waals surface area contributed by atoms with Gasteiger partial charge < -0.3 is 4.74 Å². The normalized spacial score (nSPS) is 23.7. The fourth-order valence-electron chi connectivity index (χ4n) is 2.37. The van der Waals surface area contributed by atoms with E-state index in [0.29, 0.717) is 11.0 Å². The number of fused-ring (bicyclic) bond motifs is 1. The van der Waals surface area contributed by atoms with Gasteiger partial charge in [0.15, 0.2) is 0 Å². The van der Waals surface area contributed by atoms with E-state index in [2.05, 4.69) is 33.1 Å². The van der Waals surface area contributed by atoms with Crippen LogP contribution in [-0.4, -0.2) is 12.0 Å². The van der Waals surface area contributed by atoms with Crippen LogP contribution in [0.5, 0.6) is 0 Å². The molecule has 1 aliphatic carbocycles. The number of benzene rings is 1. The molecule has 1 N–H and O–H groups in total. The van der Waals surface area contributed by atoms with E-state index < -0.39 is 17.6 Å². The van der Waals surface area contributed by atoms with Crippen LogP contribution >= 0.6 is 15.9 Å². The Bertz CT molecular complexity index is 686. The molecule has 1 heterocycles. The predicted molar refractivity (Wildman–Crippen MR) is 82.0 cm³/mol. The predicted octanol–water partition coefficient (Wildman–Crippen LogP) is 4.41. The zero-order valence-corrected chi connectivity index (χ0v) is 13.5. The summed E-state index contributed by atoms with van der Waals surface area (Å²) in [6, 6.07) is 4.92. The van der Waals surface area contributed by atoms with Gasteiger partial charge in [-0.3, -0.25) is 5.32 Å². The van der Waals surface area contributed by atoms with Crippen LogP contribution < -0.4 is 5.32 Å². The van der Waals surface area contributed by atoms with E-state index in [1.807, 2.05) is 0 Å². The molecule has 3 nitrogen and oxygen atoms in total. The first-order chi connectivity index (χ1) is 10.4. The summed E-state index contributed by atoms with van der Waals surface area (Å²) in [5.74, 6) is 2.19. The molecule has 6 heteroatoms. The molecule has 1 aromatic carbocycles. The van der Waals surface area contributed by atoms with E-state index in [-0.39, 0.29) is 11.5 Å².